The Morgan fingerprint density at radius 2 is 1.06 bits per heavy atom. The third-order valence-corrected chi connectivity index (χ3v) is 11.8. The van der Waals surface area contributed by atoms with Crippen LogP contribution in [0.4, 0.5) is 0 Å². The molecule has 1 spiro atoms. The van der Waals surface area contributed by atoms with Gasteiger partial charge < -0.3 is 4.74 Å². The number of thiophene rings is 1. The molecule has 1 atom stereocenters. The molecule has 1 unspecified atom stereocenters. The first-order valence-corrected chi connectivity index (χ1v) is 18.8. The van der Waals surface area contributed by atoms with Crippen molar-refractivity contribution < 1.29 is 4.74 Å². The Bertz CT molecular complexity index is 2800. The molecule has 1 aliphatic heterocycles. The van der Waals surface area contributed by atoms with Crippen LogP contribution in [0.2, 0.25) is 0 Å². The van der Waals surface area contributed by atoms with E-state index in [4.69, 9.17) is 14.7 Å². The van der Waals surface area contributed by atoms with E-state index in [1.165, 1.54) is 37.9 Å². The average molecular weight is 695 g/mol. The van der Waals surface area contributed by atoms with E-state index in [1.807, 2.05) is 47.7 Å². The second-order valence-corrected chi connectivity index (χ2v) is 14.6. The third kappa shape index (κ3) is 4.52. The quantitative estimate of drug-likeness (QED) is 0.184. The zero-order valence-corrected chi connectivity index (χ0v) is 29.3. The lowest BCUT2D eigenvalue weighted by Gasteiger charge is -2.39. The second-order valence-electron chi connectivity index (χ2n) is 13.7. The van der Waals surface area contributed by atoms with E-state index in [2.05, 4.69) is 145 Å². The second kappa shape index (κ2) is 11.7. The first-order chi connectivity index (χ1) is 26.3. The number of benzene rings is 7. The number of hydrogen-bond donors (Lipinski definition) is 0. The molecule has 0 fully saturated rings. The maximum absolute atomic E-state index is 6.72. The highest BCUT2D eigenvalue weighted by Crippen LogP contribution is 2.63. The van der Waals surface area contributed by atoms with Gasteiger partial charge in [-0.1, -0.05) is 146 Å². The summed E-state index contributed by atoms with van der Waals surface area (Å²) in [4.78, 5) is 10.1. The summed E-state index contributed by atoms with van der Waals surface area (Å²) in [5.74, 6) is 2.49. The molecule has 0 saturated carbocycles. The molecule has 3 nitrogen and oxygen atoms in total. The fourth-order valence-electron chi connectivity index (χ4n) is 8.49. The van der Waals surface area contributed by atoms with E-state index < -0.39 is 5.41 Å². The third-order valence-electron chi connectivity index (χ3n) is 10.9. The fourth-order valence-corrected chi connectivity index (χ4v) is 9.45. The molecule has 0 amide bonds. The largest absolute Gasteiger partial charge is 0.457 e. The zero-order valence-electron chi connectivity index (χ0n) is 28.5. The molecule has 7 aromatic carbocycles. The summed E-state index contributed by atoms with van der Waals surface area (Å²) in [6.07, 6.45) is 0. The van der Waals surface area contributed by atoms with Crippen molar-refractivity contribution in [1.82, 2.24) is 9.97 Å². The minimum absolute atomic E-state index is 0.524. The van der Waals surface area contributed by atoms with E-state index in [-0.39, 0.29) is 0 Å². The highest BCUT2D eigenvalue weighted by molar-refractivity contribution is 7.17. The molecule has 2 aliphatic rings. The van der Waals surface area contributed by atoms with E-state index in [9.17, 15) is 0 Å². The molecule has 0 N–H and O–H groups in total. The summed E-state index contributed by atoms with van der Waals surface area (Å²) in [6.45, 7) is 0. The molecule has 2 aromatic heterocycles. The molecule has 4 heteroatoms. The van der Waals surface area contributed by atoms with Crippen LogP contribution in [-0.4, -0.2) is 9.97 Å². The number of para-hydroxylation sites is 1. The number of hydrogen-bond acceptors (Lipinski definition) is 4. The Labute approximate surface area is 311 Å². The van der Waals surface area contributed by atoms with Crippen LogP contribution in [0.15, 0.2) is 181 Å². The van der Waals surface area contributed by atoms with Gasteiger partial charge in [-0.15, -0.1) is 11.3 Å². The molecule has 11 rings (SSSR count). The molecule has 248 valence electrons. The summed E-state index contributed by atoms with van der Waals surface area (Å²) in [7, 11) is 0. The molecule has 1 aliphatic carbocycles. The van der Waals surface area contributed by atoms with E-state index in [0.29, 0.717) is 5.82 Å². The topological polar surface area (TPSA) is 35.0 Å². The van der Waals surface area contributed by atoms with Gasteiger partial charge in [0.25, 0.3) is 0 Å². The zero-order chi connectivity index (χ0) is 34.9. The normalized spacial score (nSPS) is 15.0. The molecular formula is C49H30N2OS. The van der Waals surface area contributed by atoms with Crippen LogP contribution in [0.3, 0.4) is 0 Å². The lowest BCUT2D eigenvalue weighted by atomic mass is 9.65. The minimum Gasteiger partial charge on any atom is -0.457 e. The van der Waals surface area contributed by atoms with Gasteiger partial charge in [0, 0.05) is 38.1 Å². The monoisotopic (exact) mass is 694 g/mol. The maximum Gasteiger partial charge on any atom is 0.160 e. The van der Waals surface area contributed by atoms with Gasteiger partial charge in [0.05, 0.1) is 16.8 Å². The lowest BCUT2D eigenvalue weighted by molar-refractivity contribution is 0.436. The molecule has 0 bridgehead atoms. The van der Waals surface area contributed by atoms with Crippen LogP contribution in [0.5, 0.6) is 11.5 Å². The summed E-state index contributed by atoms with van der Waals surface area (Å²) in [6, 6.07) is 62.4. The molecule has 3 heterocycles. The molecule has 9 aromatic rings. The van der Waals surface area contributed by atoms with Gasteiger partial charge in [0.1, 0.15) is 11.5 Å². The Morgan fingerprint density at radius 3 is 1.81 bits per heavy atom. The van der Waals surface area contributed by atoms with Crippen LogP contribution in [0, 0.1) is 0 Å². The van der Waals surface area contributed by atoms with Crippen molar-refractivity contribution in [2.45, 2.75) is 5.41 Å². The highest BCUT2D eigenvalue weighted by Gasteiger charge is 2.51. The molecular weight excluding hydrogens is 665 g/mol. The maximum atomic E-state index is 6.72. The van der Waals surface area contributed by atoms with Gasteiger partial charge in [-0.25, -0.2) is 9.97 Å². The molecule has 0 saturated heterocycles. The van der Waals surface area contributed by atoms with Gasteiger partial charge in [-0.05, 0) is 68.9 Å². The summed E-state index contributed by atoms with van der Waals surface area (Å²) >= 11 is 1.82. The molecule has 0 radical (unpaired) electrons. The van der Waals surface area contributed by atoms with Crippen LogP contribution in [0.1, 0.15) is 22.3 Å². The summed E-state index contributed by atoms with van der Waals surface area (Å²) in [5.41, 5.74) is 14.2. The van der Waals surface area contributed by atoms with Crippen LogP contribution >= 0.6 is 11.3 Å². The number of fused-ring (bicyclic) bond motifs is 11. The van der Waals surface area contributed by atoms with Crippen molar-refractivity contribution in [3.8, 4) is 67.7 Å². The van der Waals surface area contributed by atoms with E-state index in [0.717, 1.165) is 56.3 Å². The average Bonchev–Trinajstić information content (AvgIpc) is 3.83. The fraction of sp³-hybridized carbons (Fsp3) is 0.0204. The Hall–Kier alpha value is -6.62. The van der Waals surface area contributed by atoms with E-state index >= 15 is 0 Å². The number of nitrogens with zero attached hydrogens (tertiary/aromatic N) is 2. The Kier molecular flexibility index (Phi) is 6.64. The van der Waals surface area contributed by atoms with Gasteiger partial charge in [0.15, 0.2) is 5.82 Å². The van der Waals surface area contributed by atoms with Crippen molar-refractivity contribution in [1.29, 1.82) is 0 Å². The van der Waals surface area contributed by atoms with Crippen molar-refractivity contribution in [3.05, 3.63) is 204 Å². The first kappa shape index (κ1) is 30.0. The van der Waals surface area contributed by atoms with Gasteiger partial charge >= 0.3 is 0 Å². The predicted octanol–water partition coefficient (Wildman–Crippen LogP) is 12.8. The standard InChI is InChI=1S/C49H30N2OS/c1-3-11-32(12-4-1)42-30-43(33-13-5-2-6-14-33)51-48(50-42)35-21-19-31(20-22-35)36-24-26-45-41(29-36)49(39-17-9-10-18-44(39)52-45)38-16-8-7-15-37(38)46-40(49)25-23-34-27-28-53-47(34)46/h1-30H. The summed E-state index contributed by atoms with van der Waals surface area (Å²) in [5, 5.41) is 3.49. The van der Waals surface area contributed by atoms with E-state index in [1.54, 1.807) is 0 Å². The van der Waals surface area contributed by atoms with Gasteiger partial charge in [0.2, 0.25) is 0 Å². The lowest BCUT2D eigenvalue weighted by Crippen LogP contribution is -2.32. The van der Waals surface area contributed by atoms with Gasteiger partial charge in [-0.2, -0.15) is 0 Å². The highest BCUT2D eigenvalue weighted by atomic mass is 32.1. The van der Waals surface area contributed by atoms with Gasteiger partial charge in [-0.3, -0.25) is 0 Å². The summed E-state index contributed by atoms with van der Waals surface area (Å²) < 4.78 is 8.05. The number of ether oxygens (including phenoxy) is 1. The van der Waals surface area contributed by atoms with Crippen molar-refractivity contribution in [3.63, 3.8) is 0 Å². The SMILES string of the molecule is c1ccc(-c2cc(-c3ccccc3)nc(-c3ccc(-c4ccc5c(c4)C4(c6ccccc6O5)c5ccccc5-c5c4ccc4ccsc54)cc3)n2)cc1. The Morgan fingerprint density at radius 1 is 0.434 bits per heavy atom. The van der Waals surface area contributed by atoms with Crippen molar-refractivity contribution in [2.24, 2.45) is 0 Å². The molecule has 53 heavy (non-hydrogen) atoms. The number of aromatic nitrogens is 2. The first-order valence-electron chi connectivity index (χ1n) is 17.9. The number of rotatable bonds is 4. The Balaban J connectivity index is 1.07. The van der Waals surface area contributed by atoms with Crippen molar-refractivity contribution in [2.75, 3.05) is 0 Å². The predicted molar refractivity (Wildman–Crippen MR) is 217 cm³/mol. The van der Waals surface area contributed by atoms with Crippen LogP contribution in [-0.2, 0) is 5.41 Å². The van der Waals surface area contributed by atoms with Crippen LogP contribution in [0.25, 0.3) is 66.2 Å². The van der Waals surface area contributed by atoms with Crippen molar-refractivity contribution >= 4 is 21.4 Å². The minimum atomic E-state index is -0.524. The smallest absolute Gasteiger partial charge is 0.160 e. The van der Waals surface area contributed by atoms with Crippen LogP contribution < -0.4 is 4.74 Å².